The fourth-order valence-electron chi connectivity index (χ4n) is 2.77. The molecule has 3 rings (SSSR count). The first-order chi connectivity index (χ1) is 14.9. The average Bonchev–Trinajstić information content (AvgIpc) is 2.73. The van der Waals surface area contributed by atoms with Crippen molar-refractivity contribution < 1.29 is 23.5 Å². The summed E-state index contributed by atoms with van der Waals surface area (Å²) in [5, 5.41) is 0.838. The van der Waals surface area contributed by atoms with Crippen LogP contribution in [0.4, 0.5) is 0 Å². The van der Waals surface area contributed by atoms with Gasteiger partial charge in [0.1, 0.15) is 17.9 Å². The topological polar surface area (TPSA) is 82.8 Å². The molecule has 0 spiro atoms. The molecular formula is C25H28O6. The van der Waals surface area contributed by atoms with Gasteiger partial charge in [0.25, 0.3) is 0 Å². The summed E-state index contributed by atoms with van der Waals surface area (Å²) >= 11 is 0. The highest BCUT2D eigenvalue weighted by Gasteiger charge is 2.07. The standard InChI is InChI=1S/C14H14O4.C11H14O2/c1-3-4-13(15)17-10-5-6-11-9(2)7-14(16)18-12(11)8-10;1-2-6-11(12)13-9-10-7-4-3-5-8-10/h5-8H,3-4H2,1-2H3;3-5,7-8H,2,6,9H2,1H3. The van der Waals surface area contributed by atoms with Crippen molar-refractivity contribution in [3.05, 3.63) is 76.1 Å². The van der Waals surface area contributed by atoms with Crippen molar-refractivity contribution in [1.82, 2.24) is 0 Å². The number of hydrogen-bond donors (Lipinski definition) is 0. The molecule has 0 radical (unpaired) electrons. The minimum atomic E-state index is -0.406. The summed E-state index contributed by atoms with van der Waals surface area (Å²) in [6, 6.07) is 16.2. The van der Waals surface area contributed by atoms with E-state index in [1.165, 1.54) is 6.07 Å². The van der Waals surface area contributed by atoms with E-state index in [0.717, 1.165) is 29.4 Å². The van der Waals surface area contributed by atoms with Gasteiger partial charge in [-0.3, -0.25) is 9.59 Å². The second-order valence-electron chi connectivity index (χ2n) is 7.03. The van der Waals surface area contributed by atoms with Gasteiger partial charge in [-0.1, -0.05) is 44.2 Å². The molecule has 0 fully saturated rings. The van der Waals surface area contributed by atoms with Crippen LogP contribution in [-0.4, -0.2) is 11.9 Å². The van der Waals surface area contributed by atoms with Crippen LogP contribution in [0.15, 0.2) is 63.8 Å². The Balaban J connectivity index is 0.000000233. The molecule has 0 atom stereocenters. The molecule has 2 aromatic carbocycles. The predicted octanol–water partition coefficient (Wildman–Crippen LogP) is 5.34. The van der Waals surface area contributed by atoms with Crippen LogP contribution >= 0.6 is 0 Å². The SMILES string of the molecule is CCCC(=O)OCc1ccccc1.CCCC(=O)Oc1ccc2c(C)cc(=O)oc2c1. The van der Waals surface area contributed by atoms with Crippen LogP contribution in [0.2, 0.25) is 0 Å². The van der Waals surface area contributed by atoms with Crippen molar-refractivity contribution in [2.75, 3.05) is 0 Å². The summed E-state index contributed by atoms with van der Waals surface area (Å²) in [7, 11) is 0. The van der Waals surface area contributed by atoms with E-state index >= 15 is 0 Å². The van der Waals surface area contributed by atoms with Crippen LogP contribution in [-0.2, 0) is 20.9 Å². The molecule has 0 bridgehead atoms. The Kier molecular flexibility index (Phi) is 9.49. The average molecular weight is 424 g/mol. The molecule has 0 saturated carbocycles. The van der Waals surface area contributed by atoms with Crippen molar-refractivity contribution in [3.8, 4) is 5.75 Å². The molecule has 1 heterocycles. The van der Waals surface area contributed by atoms with Crippen molar-refractivity contribution in [3.63, 3.8) is 0 Å². The fourth-order valence-corrected chi connectivity index (χ4v) is 2.77. The van der Waals surface area contributed by atoms with Gasteiger partial charge in [0, 0.05) is 30.4 Å². The lowest BCUT2D eigenvalue weighted by Gasteiger charge is -2.05. The third-order valence-electron chi connectivity index (χ3n) is 4.31. The highest BCUT2D eigenvalue weighted by atomic mass is 16.5. The van der Waals surface area contributed by atoms with Gasteiger partial charge < -0.3 is 13.9 Å². The van der Waals surface area contributed by atoms with E-state index < -0.39 is 5.63 Å². The predicted molar refractivity (Wildman–Crippen MR) is 119 cm³/mol. The van der Waals surface area contributed by atoms with Gasteiger partial charge in [-0.15, -0.1) is 0 Å². The number of fused-ring (bicyclic) bond motifs is 1. The zero-order valence-electron chi connectivity index (χ0n) is 18.2. The van der Waals surface area contributed by atoms with Gasteiger partial charge in [-0.25, -0.2) is 4.79 Å². The third kappa shape index (κ3) is 8.09. The van der Waals surface area contributed by atoms with Crippen LogP contribution in [0.25, 0.3) is 11.0 Å². The van der Waals surface area contributed by atoms with E-state index in [1.54, 1.807) is 18.2 Å². The second kappa shape index (κ2) is 12.3. The van der Waals surface area contributed by atoms with Crippen LogP contribution < -0.4 is 10.4 Å². The second-order valence-corrected chi connectivity index (χ2v) is 7.03. The monoisotopic (exact) mass is 424 g/mol. The number of benzene rings is 2. The number of rotatable bonds is 7. The maximum atomic E-state index is 11.4. The minimum Gasteiger partial charge on any atom is -0.461 e. The number of esters is 2. The molecule has 31 heavy (non-hydrogen) atoms. The molecule has 0 amide bonds. The van der Waals surface area contributed by atoms with E-state index in [4.69, 9.17) is 13.9 Å². The molecule has 0 aliphatic rings. The van der Waals surface area contributed by atoms with Gasteiger partial charge in [0.15, 0.2) is 0 Å². The molecule has 0 aliphatic heterocycles. The lowest BCUT2D eigenvalue weighted by molar-refractivity contribution is -0.145. The quantitative estimate of drug-likeness (QED) is 0.289. The van der Waals surface area contributed by atoms with Crippen molar-refractivity contribution in [2.24, 2.45) is 0 Å². The third-order valence-corrected chi connectivity index (χ3v) is 4.31. The number of carbonyl (C=O) groups is 2. The highest BCUT2D eigenvalue weighted by molar-refractivity contribution is 5.82. The Bertz CT molecular complexity index is 1050. The maximum Gasteiger partial charge on any atom is 0.336 e. The Morgan fingerprint density at radius 3 is 2.26 bits per heavy atom. The van der Waals surface area contributed by atoms with Gasteiger partial charge in [-0.2, -0.15) is 0 Å². The molecule has 0 N–H and O–H groups in total. The Hall–Kier alpha value is -3.41. The van der Waals surface area contributed by atoms with E-state index in [1.807, 2.05) is 51.1 Å². The minimum absolute atomic E-state index is 0.119. The van der Waals surface area contributed by atoms with Crippen LogP contribution in [0.5, 0.6) is 5.75 Å². The summed E-state index contributed by atoms with van der Waals surface area (Å²) in [6.07, 6.45) is 2.46. The summed E-state index contributed by atoms with van der Waals surface area (Å²) < 4.78 is 15.2. The van der Waals surface area contributed by atoms with Crippen LogP contribution in [0.3, 0.4) is 0 Å². The maximum absolute atomic E-state index is 11.4. The van der Waals surface area contributed by atoms with Crippen LogP contribution in [0, 0.1) is 6.92 Å². The molecule has 3 aromatic rings. The zero-order valence-corrected chi connectivity index (χ0v) is 18.2. The van der Waals surface area contributed by atoms with Gasteiger partial charge in [0.05, 0.1) is 0 Å². The van der Waals surface area contributed by atoms with E-state index in [-0.39, 0.29) is 11.9 Å². The fraction of sp³-hybridized carbons (Fsp3) is 0.320. The Morgan fingerprint density at radius 1 is 0.903 bits per heavy atom. The lowest BCUT2D eigenvalue weighted by atomic mass is 10.1. The molecule has 1 aromatic heterocycles. The first-order valence-corrected chi connectivity index (χ1v) is 10.4. The highest BCUT2D eigenvalue weighted by Crippen LogP contribution is 2.22. The molecule has 0 saturated heterocycles. The number of ether oxygens (including phenoxy) is 2. The molecule has 164 valence electrons. The first kappa shape index (κ1) is 23.9. The Morgan fingerprint density at radius 2 is 1.58 bits per heavy atom. The smallest absolute Gasteiger partial charge is 0.336 e. The van der Waals surface area contributed by atoms with Gasteiger partial charge in [0.2, 0.25) is 0 Å². The lowest BCUT2D eigenvalue weighted by Crippen LogP contribution is -2.07. The number of hydrogen-bond acceptors (Lipinski definition) is 6. The zero-order chi connectivity index (χ0) is 22.6. The molecule has 0 aliphatic carbocycles. The molecular weight excluding hydrogens is 396 g/mol. The van der Waals surface area contributed by atoms with Crippen molar-refractivity contribution in [2.45, 2.75) is 53.1 Å². The number of aryl methyl sites for hydroxylation is 1. The Labute approximate surface area is 181 Å². The van der Waals surface area contributed by atoms with E-state index in [0.29, 0.717) is 30.8 Å². The summed E-state index contributed by atoms with van der Waals surface area (Å²) in [4.78, 5) is 33.6. The van der Waals surface area contributed by atoms with Crippen molar-refractivity contribution in [1.29, 1.82) is 0 Å². The van der Waals surface area contributed by atoms with Crippen LogP contribution in [0.1, 0.15) is 50.7 Å². The van der Waals surface area contributed by atoms with Crippen molar-refractivity contribution >= 4 is 22.9 Å². The number of carbonyl (C=O) groups excluding carboxylic acids is 2. The normalized spacial score (nSPS) is 10.2. The molecule has 6 nitrogen and oxygen atoms in total. The summed E-state index contributed by atoms with van der Waals surface area (Å²) in [5.74, 6) is -0.00657. The molecule has 0 unspecified atom stereocenters. The van der Waals surface area contributed by atoms with E-state index in [9.17, 15) is 14.4 Å². The first-order valence-electron chi connectivity index (χ1n) is 10.4. The summed E-state index contributed by atoms with van der Waals surface area (Å²) in [5.41, 5.74) is 1.90. The molecule has 6 heteroatoms. The largest absolute Gasteiger partial charge is 0.461 e. The van der Waals surface area contributed by atoms with Gasteiger partial charge in [-0.05, 0) is 43.0 Å². The van der Waals surface area contributed by atoms with E-state index in [2.05, 4.69) is 0 Å². The van der Waals surface area contributed by atoms with Gasteiger partial charge >= 0.3 is 17.6 Å². The summed E-state index contributed by atoms with van der Waals surface area (Å²) in [6.45, 7) is 6.09.